The summed E-state index contributed by atoms with van der Waals surface area (Å²) in [4.78, 5) is 3.85. The molecule has 0 fully saturated rings. The van der Waals surface area contributed by atoms with E-state index in [0.717, 1.165) is 5.56 Å². The summed E-state index contributed by atoms with van der Waals surface area (Å²) in [5, 5.41) is 8.72. The number of halogens is 1. The highest BCUT2D eigenvalue weighted by Gasteiger charge is 2.03. The van der Waals surface area contributed by atoms with Crippen LogP contribution < -0.4 is 4.74 Å². The zero-order valence-corrected chi connectivity index (χ0v) is 9.93. The van der Waals surface area contributed by atoms with Gasteiger partial charge < -0.3 is 4.74 Å². The zero-order chi connectivity index (χ0) is 13.7. The summed E-state index contributed by atoms with van der Waals surface area (Å²) < 4.78 is 18.8. The van der Waals surface area contributed by atoms with Crippen molar-refractivity contribution in [2.75, 3.05) is 0 Å². The molecule has 0 saturated carbocycles. The van der Waals surface area contributed by atoms with Gasteiger partial charge in [-0.25, -0.2) is 9.37 Å². The van der Waals surface area contributed by atoms with Crippen molar-refractivity contribution in [2.45, 2.75) is 6.61 Å². The molecule has 3 nitrogen and oxygen atoms in total. The van der Waals surface area contributed by atoms with Crippen LogP contribution in [0.3, 0.4) is 0 Å². The van der Waals surface area contributed by atoms with Gasteiger partial charge in [-0.2, -0.15) is 5.26 Å². The second-order valence-corrected chi connectivity index (χ2v) is 3.74. The molecule has 0 N–H and O–H groups in total. The molecule has 1 heterocycles. The predicted molar refractivity (Wildman–Crippen MR) is 67.6 cm³/mol. The molecule has 0 amide bonds. The smallest absolute Gasteiger partial charge is 0.142 e. The third-order valence-electron chi connectivity index (χ3n) is 2.44. The quantitative estimate of drug-likeness (QED) is 0.789. The van der Waals surface area contributed by atoms with Crippen LogP contribution in [0.2, 0.25) is 0 Å². The van der Waals surface area contributed by atoms with Gasteiger partial charge in [0.1, 0.15) is 29.9 Å². The predicted octanol–water partition coefficient (Wildman–Crippen LogP) is 2.65. The van der Waals surface area contributed by atoms with Crippen molar-refractivity contribution in [1.29, 1.82) is 5.26 Å². The SMILES string of the molecule is C#Cc1ccc(OCc2ccnc(C#N)c2)cc1F. The van der Waals surface area contributed by atoms with Gasteiger partial charge in [-0.1, -0.05) is 5.92 Å². The summed E-state index contributed by atoms with van der Waals surface area (Å²) >= 11 is 0. The van der Waals surface area contributed by atoms with Crippen LogP contribution in [0.4, 0.5) is 4.39 Å². The maximum absolute atomic E-state index is 13.4. The van der Waals surface area contributed by atoms with Crippen molar-refractivity contribution in [1.82, 2.24) is 4.98 Å². The standard InChI is InChI=1S/C15H9FN2O/c1-2-12-3-4-14(8-15(12)16)19-10-11-5-6-18-13(7-11)9-17/h1,3-8H,10H2. The number of benzene rings is 1. The minimum Gasteiger partial charge on any atom is -0.489 e. The molecule has 0 bridgehead atoms. The van der Waals surface area contributed by atoms with Crippen LogP contribution in [0.15, 0.2) is 36.5 Å². The van der Waals surface area contributed by atoms with Gasteiger partial charge in [0, 0.05) is 12.3 Å². The maximum atomic E-state index is 13.4. The third-order valence-corrected chi connectivity index (χ3v) is 2.44. The Morgan fingerprint density at radius 3 is 2.84 bits per heavy atom. The number of nitrogens with zero attached hydrogens (tertiary/aromatic N) is 2. The molecule has 1 aromatic heterocycles. The lowest BCUT2D eigenvalue weighted by molar-refractivity contribution is 0.304. The fourth-order valence-corrected chi connectivity index (χ4v) is 1.49. The molecule has 0 radical (unpaired) electrons. The molecule has 0 spiro atoms. The zero-order valence-electron chi connectivity index (χ0n) is 9.93. The topological polar surface area (TPSA) is 45.9 Å². The van der Waals surface area contributed by atoms with Crippen molar-refractivity contribution < 1.29 is 9.13 Å². The first kappa shape index (κ1) is 12.6. The Labute approximate surface area is 110 Å². The summed E-state index contributed by atoms with van der Waals surface area (Å²) in [6.07, 6.45) is 6.66. The number of terminal acetylenes is 1. The highest BCUT2D eigenvalue weighted by Crippen LogP contribution is 2.17. The Morgan fingerprint density at radius 1 is 1.32 bits per heavy atom. The molecular weight excluding hydrogens is 243 g/mol. The lowest BCUT2D eigenvalue weighted by Gasteiger charge is -2.07. The minimum atomic E-state index is -0.493. The van der Waals surface area contributed by atoms with Crippen LogP contribution in [-0.4, -0.2) is 4.98 Å². The first-order valence-corrected chi connectivity index (χ1v) is 5.47. The van der Waals surface area contributed by atoms with E-state index >= 15 is 0 Å². The number of ether oxygens (including phenoxy) is 1. The van der Waals surface area contributed by atoms with Gasteiger partial charge in [0.25, 0.3) is 0 Å². The van der Waals surface area contributed by atoms with Crippen molar-refractivity contribution in [2.24, 2.45) is 0 Å². The van der Waals surface area contributed by atoms with Crippen LogP contribution in [0.25, 0.3) is 0 Å². The normalized spacial score (nSPS) is 9.42. The molecule has 0 aliphatic rings. The van der Waals surface area contributed by atoms with Crippen LogP contribution in [0.5, 0.6) is 5.75 Å². The van der Waals surface area contributed by atoms with Gasteiger partial charge >= 0.3 is 0 Å². The summed E-state index contributed by atoms with van der Waals surface area (Å²) in [6.45, 7) is 0.228. The summed E-state index contributed by atoms with van der Waals surface area (Å²) in [7, 11) is 0. The van der Waals surface area contributed by atoms with E-state index < -0.39 is 5.82 Å². The van der Waals surface area contributed by atoms with E-state index in [4.69, 9.17) is 16.4 Å². The highest BCUT2D eigenvalue weighted by atomic mass is 19.1. The van der Waals surface area contributed by atoms with E-state index in [-0.39, 0.29) is 12.2 Å². The Kier molecular flexibility index (Phi) is 3.75. The first-order valence-electron chi connectivity index (χ1n) is 5.47. The van der Waals surface area contributed by atoms with Crippen molar-refractivity contribution in [3.05, 3.63) is 59.2 Å². The Morgan fingerprint density at radius 2 is 2.16 bits per heavy atom. The fraction of sp³-hybridized carbons (Fsp3) is 0.0667. The Balaban J connectivity index is 2.09. The number of pyridine rings is 1. The molecule has 2 rings (SSSR count). The summed E-state index contributed by atoms with van der Waals surface area (Å²) in [5.74, 6) is 2.12. The van der Waals surface area contributed by atoms with Gasteiger partial charge in [-0.15, -0.1) is 6.42 Å². The lowest BCUT2D eigenvalue weighted by Crippen LogP contribution is -1.97. The second kappa shape index (κ2) is 5.66. The molecule has 19 heavy (non-hydrogen) atoms. The van der Waals surface area contributed by atoms with E-state index in [1.807, 2.05) is 6.07 Å². The molecule has 0 atom stereocenters. The van der Waals surface area contributed by atoms with E-state index in [1.165, 1.54) is 18.3 Å². The van der Waals surface area contributed by atoms with E-state index in [2.05, 4.69) is 10.9 Å². The maximum Gasteiger partial charge on any atom is 0.142 e. The van der Waals surface area contributed by atoms with Gasteiger partial charge in [-0.3, -0.25) is 0 Å². The number of hydrogen-bond acceptors (Lipinski definition) is 3. The van der Waals surface area contributed by atoms with Gasteiger partial charge in [-0.05, 0) is 29.8 Å². The lowest BCUT2D eigenvalue weighted by atomic mass is 10.2. The molecule has 92 valence electrons. The van der Waals surface area contributed by atoms with Gasteiger partial charge in [0.2, 0.25) is 0 Å². The highest BCUT2D eigenvalue weighted by molar-refractivity contribution is 5.38. The van der Waals surface area contributed by atoms with Crippen LogP contribution in [0, 0.1) is 29.5 Å². The molecule has 0 saturated heterocycles. The molecular formula is C15H9FN2O. The average molecular weight is 252 g/mol. The fourth-order valence-electron chi connectivity index (χ4n) is 1.49. The molecule has 1 aromatic carbocycles. The minimum absolute atomic E-state index is 0.197. The summed E-state index contributed by atoms with van der Waals surface area (Å²) in [5.41, 5.74) is 1.30. The van der Waals surface area contributed by atoms with Gasteiger partial charge in [0.15, 0.2) is 0 Å². The van der Waals surface area contributed by atoms with Crippen LogP contribution in [0.1, 0.15) is 16.8 Å². The Hall–Kier alpha value is -2.85. The molecule has 4 heteroatoms. The largest absolute Gasteiger partial charge is 0.489 e. The third kappa shape index (κ3) is 3.08. The number of nitriles is 1. The summed E-state index contributed by atoms with van der Waals surface area (Å²) in [6, 6.07) is 9.61. The van der Waals surface area contributed by atoms with E-state index in [1.54, 1.807) is 18.2 Å². The van der Waals surface area contributed by atoms with Crippen LogP contribution >= 0.6 is 0 Å². The average Bonchev–Trinajstić information content (AvgIpc) is 2.45. The first-order chi connectivity index (χ1) is 9.22. The van der Waals surface area contributed by atoms with Crippen LogP contribution in [-0.2, 0) is 6.61 Å². The second-order valence-electron chi connectivity index (χ2n) is 3.74. The van der Waals surface area contributed by atoms with Crippen molar-refractivity contribution >= 4 is 0 Å². The number of aromatic nitrogens is 1. The van der Waals surface area contributed by atoms with Gasteiger partial charge in [0.05, 0.1) is 5.56 Å². The Bertz CT molecular complexity index is 683. The number of rotatable bonds is 3. The van der Waals surface area contributed by atoms with E-state index in [0.29, 0.717) is 11.4 Å². The number of hydrogen-bond donors (Lipinski definition) is 0. The molecule has 0 aliphatic heterocycles. The molecule has 0 unspecified atom stereocenters. The van der Waals surface area contributed by atoms with E-state index in [9.17, 15) is 4.39 Å². The molecule has 2 aromatic rings. The van der Waals surface area contributed by atoms with Crippen molar-refractivity contribution in [3.63, 3.8) is 0 Å². The monoisotopic (exact) mass is 252 g/mol. The van der Waals surface area contributed by atoms with Crippen molar-refractivity contribution in [3.8, 4) is 24.2 Å². The molecule has 0 aliphatic carbocycles.